The van der Waals surface area contributed by atoms with Gasteiger partial charge in [-0.05, 0) is 19.2 Å². The topological polar surface area (TPSA) is 12.0 Å². The van der Waals surface area contributed by atoms with Gasteiger partial charge in [-0.1, -0.05) is 11.6 Å². The summed E-state index contributed by atoms with van der Waals surface area (Å²) in [5.41, 5.74) is 0. The number of nitrogens with one attached hydrogen (secondary N) is 1. The molecule has 0 saturated heterocycles. The summed E-state index contributed by atoms with van der Waals surface area (Å²) in [6.07, 6.45) is -2.40. The number of halogens is 3. The molecule has 1 aromatic rings. The first-order valence-corrected chi connectivity index (χ1v) is 4.55. The van der Waals surface area contributed by atoms with Crippen molar-refractivity contribution < 1.29 is 8.78 Å². The summed E-state index contributed by atoms with van der Waals surface area (Å²) in [6, 6.07) is 2.33. The maximum absolute atomic E-state index is 12.3. The lowest BCUT2D eigenvalue weighted by Gasteiger charge is -2.12. The number of thiophene rings is 1. The summed E-state index contributed by atoms with van der Waals surface area (Å²) < 4.78 is 25.1. The molecule has 0 aromatic carbocycles. The molecule has 0 aliphatic carbocycles. The molecule has 0 bridgehead atoms. The molecule has 0 aliphatic rings. The lowest BCUT2D eigenvalue weighted by molar-refractivity contribution is 0.104. The normalized spacial score (nSPS) is 13.8. The Labute approximate surface area is 78.4 Å². The Morgan fingerprint density at radius 2 is 2.17 bits per heavy atom. The zero-order valence-corrected chi connectivity index (χ0v) is 7.92. The fourth-order valence-corrected chi connectivity index (χ4v) is 2.06. The third kappa shape index (κ3) is 2.15. The van der Waals surface area contributed by atoms with E-state index >= 15 is 0 Å². The average Bonchev–Trinajstić information content (AvgIpc) is 2.37. The van der Waals surface area contributed by atoms with E-state index in [4.69, 9.17) is 11.6 Å². The van der Waals surface area contributed by atoms with E-state index in [0.717, 1.165) is 0 Å². The molecule has 0 spiro atoms. The van der Waals surface area contributed by atoms with Gasteiger partial charge in [-0.3, -0.25) is 0 Å². The van der Waals surface area contributed by atoms with Gasteiger partial charge in [0, 0.05) is 4.88 Å². The highest BCUT2D eigenvalue weighted by Gasteiger charge is 2.21. The minimum atomic E-state index is -2.40. The number of hydrogen-bond donors (Lipinski definition) is 1. The lowest BCUT2D eigenvalue weighted by atomic mass is 10.2. The maximum Gasteiger partial charge on any atom is 0.258 e. The van der Waals surface area contributed by atoms with E-state index in [0.29, 0.717) is 9.21 Å². The lowest BCUT2D eigenvalue weighted by Crippen LogP contribution is -2.22. The van der Waals surface area contributed by atoms with Gasteiger partial charge in [0.2, 0.25) is 0 Å². The van der Waals surface area contributed by atoms with Crippen LogP contribution in [0.3, 0.4) is 0 Å². The summed E-state index contributed by atoms with van der Waals surface area (Å²) in [6.45, 7) is 0. The van der Waals surface area contributed by atoms with Crippen LogP contribution in [0.2, 0.25) is 4.34 Å². The van der Waals surface area contributed by atoms with Crippen molar-refractivity contribution >= 4 is 22.9 Å². The first kappa shape index (κ1) is 9.89. The van der Waals surface area contributed by atoms with E-state index in [-0.39, 0.29) is 0 Å². The van der Waals surface area contributed by atoms with Crippen molar-refractivity contribution in [3.63, 3.8) is 0 Å². The van der Waals surface area contributed by atoms with Gasteiger partial charge < -0.3 is 5.32 Å². The zero-order chi connectivity index (χ0) is 9.14. The molecule has 0 aliphatic heterocycles. The molecule has 0 saturated carbocycles. The predicted molar refractivity (Wildman–Crippen MR) is 47.1 cm³/mol. The van der Waals surface area contributed by atoms with E-state index in [2.05, 4.69) is 5.32 Å². The van der Waals surface area contributed by atoms with Crippen molar-refractivity contribution in [1.82, 2.24) is 5.32 Å². The molecule has 1 N–H and O–H groups in total. The predicted octanol–water partition coefficient (Wildman–Crippen LogP) is 2.93. The van der Waals surface area contributed by atoms with Crippen LogP contribution in [0.25, 0.3) is 0 Å². The zero-order valence-electron chi connectivity index (χ0n) is 6.35. The van der Waals surface area contributed by atoms with E-state index < -0.39 is 12.5 Å². The molecule has 1 heterocycles. The summed E-state index contributed by atoms with van der Waals surface area (Å²) in [5, 5.41) is 2.53. The number of rotatable bonds is 3. The Hall–Kier alpha value is -0.190. The van der Waals surface area contributed by atoms with Gasteiger partial charge in [0.05, 0.1) is 4.34 Å². The highest BCUT2D eigenvalue weighted by atomic mass is 35.5. The summed E-state index contributed by atoms with van der Waals surface area (Å²) >= 11 is 6.78. The largest absolute Gasteiger partial charge is 0.308 e. The minimum absolute atomic E-state index is 0.533. The highest BCUT2D eigenvalue weighted by Crippen LogP contribution is 2.29. The Bertz CT molecular complexity index is 251. The SMILES string of the molecule is CNC(c1ccc(Cl)s1)C(F)F. The van der Waals surface area contributed by atoms with Crippen LogP contribution in [-0.4, -0.2) is 13.5 Å². The minimum Gasteiger partial charge on any atom is -0.308 e. The maximum atomic E-state index is 12.3. The molecule has 1 unspecified atom stereocenters. The molecule has 12 heavy (non-hydrogen) atoms. The van der Waals surface area contributed by atoms with Crippen molar-refractivity contribution in [2.45, 2.75) is 12.5 Å². The standard InChI is InChI=1S/C7H8ClF2NS/c1-11-6(7(9)10)4-2-3-5(8)12-4/h2-3,6-7,11H,1H3. The quantitative estimate of drug-likeness (QED) is 0.811. The fourth-order valence-electron chi connectivity index (χ4n) is 0.888. The molecule has 0 amide bonds. The molecule has 5 heteroatoms. The Kier molecular flexibility index (Phi) is 3.43. The van der Waals surface area contributed by atoms with Gasteiger partial charge in [0.1, 0.15) is 6.04 Å². The van der Waals surface area contributed by atoms with E-state index in [1.165, 1.54) is 18.4 Å². The first-order chi connectivity index (χ1) is 5.65. The molecule has 68 valence electrons. The van der Waals surface area contributed by atoms with Crippen molar-refractivity contribution in [1.29, 1.82) is 0 Å². The molecule has 1 rings (SSSR count). The monoisotopic (exact) mass is 211 g/mol. The van der Waals surface area contributed by atoms with Crippen molar-refractivity contribution in [2.75, 3.05) is 7.05 Å². The van der Waals surface area contributed by atoms with Crippen LogP contribution in [0.5, 0.6) is 0 Å². The van der Waals surface area contributed by atoms with Crippen LogP contribution in [-0.2, 0) is 0 Å². The third-order valence-electron chi connectivity index (χ3n) is 1.46. The molecule has 1 nitrogen and oxygen atoms in total. The Balaban J connectivity index is 2.80. The Morgan fingerprint density at radius 3 is 2.50 bits per heavy atom. The second-order valence-corrected chi connectivity index (χ2v) is 3.99. The van der Waals surface area contributed by atoms with Gasteiger partial charge in [0.15, 0.2) is 0 Å². The van der Waals surface area contributed by atoms with Crippen molar-refractivity contribution in [3.8, 4) is 0 Å². The molecule has 0 fully saturated rings. The van der Waals surface area contributed by atoms with Crippen molar-refractivity contribution in [3.05, 3.63) is 21.3 Å². The van der Waals surface area contributed by atoms with Gasteiger partial charge >= 0.3 is 0 Å². The number of hydrogen-bond acceptors (Lipinski definition) is 2. The average molecular weight is 212 g/mol. The third-order valence-corrected chi connectivity index (χ3v) is 2.78. The summed E-state index contributed by atoms with van der Waals surface area (Å²) in [5.74, 6) is 0. The first-order valence-electron chi connectivity index (χ1n) is 3.36. The fraction of sp³-hybridized carbons (Fsp3) is 0.429. The molecule has 0 radical (unpaired) electrons. The smallest absolute Gasteiger partial charge is 0.258 e. The van der Waals surface area contributed by atoms with E-state index in [9.17, 15) is 8.78 Å². The molecular formula is C7H8ClF2NS. The van der Waals surface area contributed by atoms with Crippen LogP contribution < -0.4 is 5.32 Å². The summed E-state index contributed by atoms with van der Waals surface area (Å²) in [4.78, 5) is 0.567. The van der Waals surface area contributed by atoms with E-state index in [1.807, 2.05) is 0 Å². The molecule has 1 atom stereocenters. The van der Waals surface area contributed by atoms with Crippen LogP contribution in [0, 0.1) is 0 Å². The highest BCUT2D eigenvalue weighted by molar-refractivity contribution is 7.16. The van der Waals surface area contributed by atoms with Crippen molar-refractivity contribution in [2.24, 2.45) is 0 Å². The van der Waals surface area contributed by atoms with Gasteiger partial charge in [-0.2, -0.15) is 0 Å². The second-order valence-electron chi connectivity index (χ2n) is 2.24. The summed E-state index contributed by atoms with van der Waals surface area (Å²) in [7, 11) is 1.50. The van der Waals surface area contributed by atoms with Crippen LogP contribution in [0.4, 0.5) is 8.78 Å². The Morgan fingerprint density at radius 1 is 1.50 bits per heavy atom. The van der Waals surface area contributed by atoms with E-state index in [1.54, 1.807) is 12.1 Å². The molecule has 1 aromatic heterocycles. The van der Waals surface area contributed by atoms with Gasteiger partial charge in [-0.25, -0.2) is 8.78 Å². The van der Waals surface area contributed by atoms with Gasteiger partial charge in [0.25, 0.3) is 6.43 Å². The van der Waals surface area contributed by atoms with Crippen LogP contribution in [0.1, 0.15) is 10.9 Å². The molecular weight excluding hydrogens is 204 g/mol. The second kappa shape index (κ2) is 4.16. The van der Waals surface area contributed by atoms with Gasteiger partial charge in [-0.15, -0.1) is 11.3 Å². The van der Waals surface area contributed by atoms with Crippen LogP contribution in [0.15, 0.2) is 12.1 Å². The number of alkyl halides is 2. The van der Waals surface area contributed by atoms with Crippen LogP contribution >= 0.6 is 22.9 Å².